The van der Waals surface area contributed by atoms with Crippen molar-refractivity contribution in [1.29, 1.82) is 0 Å². The molecule has 1 N–H and O–H groups in total. The van der Waals surface area contributed by atoms with Crippen LogP contribution in [0, 0.1) is 5.92 Å². The van der Waals surface area contributed by atoms with Gasteiger partial charge in [-0.1, -0.05) is 13.0 Å². The van der Waals surface area contributed by atoms with Crippen LogP contribution in [0.5, 0.6) is 0 Å². The smallest absolute Gasteiger partial charge is 0.0722 e. The Bertz CT molecular complexity index is 125. The summed E-state index contributed by atoms with van der Waals surface area (Å²) >= 11 is 0. The lowest BCUT2D eigenvalue weighted by Crippen LogP contribution is -2.02. The summed E-state index contributed by atoms with van der Waals surface area (Å²) in [6.07, 6.45) is 4.20. The van der Waals surface area contributed by atoms with Crippen LogP contribution in [0.1, 0.15) is 26.7 Å². The Morgan fingerprint density at radius 1 is 1.78 bits per heavy atom. The highest BCUT2D eigenvalue weighted by atomic mass is 16.3. The van der Waals surface area contributed by atoms with E-state index in [1.807, 2.05) is 6.92 Å². The van der Waals surface area contributed by atoms with Gasteiger partial charge >= 0.3 is 0 Å². The molecule has 1 aliphatic rings. The van der Waals surface area contributed by atoms with Crippen LogP contribution >= 0.6 is 0 Å². The molecule has 0 aliphatic heterocycles. The summed E-state index contributed by atoms with van der Waals surface area (Å²) in [6, 6.07) is 0. The third-order valence-electron chi connectivity index (χ3n) is 1.90. The van der Waals surface area contributed by atoms with Gasteiger partial charge in [-0.25, -0.2) is 0 Å². The zero-order chi connectivity index (χ0) is 6.85. The fourth-order valence-electron chi connectivity index (χ4n) is 1.26. The van der Waals surface area contributed by atoms with Crippen LogP contribution in [0.15, 0.2) is 11.6 Å². The Balaban J connectivity index is 2.45. The summed E-state index contributed by atoms with van der Waals surface area (Å²) in [6.45, 7) is 4.05. The molecule has 0 spiro atoms. The number of hydrogen-bond acceptors (Lipinski definition) is 1. The van der Waals surface area contributed by atoms with Gasteiger partial charge in [-0.05, 0) is 31.3 Å². The van der Waals surface area contributed by atoms with Gasteiger partial charge in [0, 0.05) is 0 Å². The number of hydrogen-bond donors (Lipinski definition) is 1. The molecule has 0 saturated heterocycles. The van der Waals surface area contributed by atoms with Crippen LogP contribution in [-0.2, 0) is 0 Å². The predicted octanol–water partition coefficient (Wildman–Crippen LogP) is 1.72. The highest BCUT2D eigenvalue weighted by Gasteiger charge is 2.14. The molecule has 0 radical (unpaired) electrons. The summed E-state index contributed by atoms with van der Waals surface area (Å²) in [4.78, 5) is 0. The second-order valence-corrected chi connectivity index (χ2v) is 3.00. The van der Waals surface area contributed by atoms with Crippen molar-refractivity contribution in [2.75, 3.05) is 0 Å². The molecule has 9 heavy (non-hydrogen) atoms. The third kappa shape index (κ3) is 1.55. The van der Waals surface area contributed by atoms with Crippen molar-refractivity contribution in [2.45, 2.75) is 32.8 Å². The minimum Gasteiger partial charge on any atom is -0.389 e. The Hall–Kier alpha value is -0.300. The van der Waals surface area contributed by atoms with E-state index < -0.39 is 0 Å². The molecule has 0 amide bonds. The number of allylic oxidation sites excluding steroid dienone is 1. The fourth-order valence-corrected chi connectivity index (χ4v) is 1.26. The van der Waals surface area contributed by atoms with Crippen LogP contribution in [0.4, 0.5) is 0 Å². The van der Waals surface area contributed by atoms with E-state index in [0.29, 0.717) is 0 Å². The SMILES string of the molecule is CC(O)C1=CC[C@@H](C)C1. The molecule has 1 heteroatoms. The van der Waals surface area contributed by atoms with Gasteiger partial charge in [-0.15, -0.1) is 0 Å². The highest BCUT2D eigenvalue weighted by Crippen LogP contribution is 2.25. The molecule has 1 aliphatic carbocycles. The molecule has 0 aromatic carbocycles. The van der Waals surface area contributed by atoms with E-state index in [4.69, 9.17) is 5.11 Å². The molecule has 1 nitrogen and oxygen atoms in total. The first-order valence-electron chi connectivity index (χ1n) is 3.57. The fraction of sp³-hybridized carbons (Fsp3) is 0.750. The lowest BCUT2D eigenvalue weighted by molar-refractivity contribution is 0.226. The number of rotatable bonds is 1. The zero-order valence-corrected chi connectivity index (χ0v) is 6.09. The van der Waals surface area contributed by atoms with Crippen molar-refractivity contribution in [1.82, 2.24) is 0 Å². The standard InChI is InChI=1S/C8H14O/c1-6-3-4-8(5-6)7(2)9/h4,6-7,9H,3,5H2,1-2H3/t6-,7?/m1/s1. The van der Waals surface area contributed by atoms with Crippen molar-refractivity contribution in [2.24, 2.45) is 5.92 Å². The Morgan fingerprint density at radius 3 is 2.67 bits per heavy atom. The minimum atomic E-state index is -0.213. The maximum atomic E-state index is 9.10. The van der Waals surface area contributed by atoms with Crippen molar-refractivity contribution >= 4 is 0 Å². The highest BCUT2D eigenvalue weighted by molar-refractivity contribution is 5.12. The minimum absolute atomic E-state index is 0.213. The van der Waals surface area contributed by atoms with E-state index in [-0.39, 0.29) is 6.10 Å². The van der Waals surface area contributed by atoms with Crippen molar-refractivity contribution in [3.63, 3.8) is 0 Å². The largest absolute Gasteiger partial charge is 0.389 e. The lowest BCUT2D eigenvalue weighted by Gasteiger charge is -2.05. The Morgan fingerprint density at radius 2 is 2.44 bits per heavy atom. The van der Waals surface area contributed by atoms with Gasteiger partial charge in [0.2, 0.25) is 0 Å². The normalized spacial score (nSPS) is 30.1. The van der Waals surface area contributed by atoms with Gasteiger partial charge < -0.3 is 5.11 Å². The van der Waals surface area contributed by atoms with E-state index >= 15 is 0 Å². The van der Waals surface area contributed by atoms with Crippen LogP contribution in [-0.4, -0.2) is 11.2 Å². The molecule has 2 atom stereocenters. The van der Waals surface area contributed by atoms with Crippen molar-refractivity contribution in [3.8, 4) is 0 Å². The van der Waals surface area contributed by atoms with Crippen LogP contribution in [0.2, 0.25) is 0 Å². The van der Waals surface area contributed by atoms with Crippen LogP contribution < -0.4 is 0 Å². The average Bonchev–Trinajstić information content (AvgIpc) is 2.14. The predicted molar refractivity (Wildman–Crippen MR) is 38.2 cm³/mol. The summed E-state index contributed by atoms with van der Waals surface area (Å²) in [5.74, 6) is 0.759. The van der Waals surface area contributed by atoms with E-state index in [1.54, 1.807) is 0 Å². The number of aliphatic hydroxyl groups is 1. The molecule has 0 fully saturated rings. The van der Waals surface area contributed by atoms with Gasteiger partial charge in [0.1, 0.15) is 0 Å². The van der Waals surface area contributed by atoms with E-state index in [0.717, 1.165) is 18.8 Å². The van der Waals surface area contributed by atoms with Gasteiger partial charge in [-0.3, -0.25) is 0 Å². The quantitative estimate of drug-likeness (QED) is 0.530. The first-order valence-corrected chi connectivity index (χ1v) is 3.57. The average molecular weight is 126 g/mol. The van der Waals surface area contributed by atoms with Crippen LogP contribution in [0.3, 0.4) is 0 Å². The first-order chi connectivity index (χ1) is 4.20. The third-order valence-corrected chi connectivity index (χ3v) is 1.90. The summed E-state index contributed by atoms with van der Waals surface area (Å²) in [5, 5.41) is 9.10. The Kier molecular flexibility index (Phi) is 1.91. The van der Waals surface area contributed by atoms with Gasteiger partial charge in [0.25, 0.3) is 0 Å². The number of aliphatic hydroxyl groups excluding tert-OH is 1. The van der Waals surface area contributed by atoms with E-state index in [2.05, 4.69) is 13.0 Å². The maximum absolute atomic E-state index is 9.10. The molecule has 0 aromatic rings. The molecule has 0 heterocycles. The lowest BCUT2D eigenvalue weighted by atomic mass is 10.1. The molecule has 0 saturated carbocycles. The molecule has 52 valence electrons. The second kappa shape index (κ2) is 2.53. The van der Waals surface area contributed by atoms with Crippen LogP contribution in [0.25, 0.3) is 0 Å². The topological polar surface area (TPSA) is 20.2 Å². The van der Waals surface area contributed by atoms with E-state index in [9.17, 15) is 0 Å². The monoisotopic (exact) mass is 126 g/mol. The Labute approximate surface area is 56.4 Å². The molecule has 1 unspecified atom stereocenters. The summed E-state index contributed by atoms with van der Waals surface area (Å²) in [5.41, 5.74) is 1.22. The molecule has 0 aromatic heterocycles. The second-order valence-electron chi connectivity index (χ2n) is 3.00. The van der Waals surface area contributed by atoms with Crippen molar-refractivity contribution < 1.29 is 5.11 Å². The summed E-state index contributed by atoms with van der Waals surface area (Å²) < 4.78 is 0. The molecular weight excluding hydrogens is 112 g/mol. The van der Waals surface area contributed by atoms with Gasteiger partial charge in [-0.2, -0.15) is 0 Å². The van der Waals surface area contributed by atoms with Crippen molar-refractivity contribution in [3.05, 3.63) is 11.6 Å². The molecular formula is C8H14O. The molecule has 1 rings (SSSR count). The van der Waals surface area contributed by atoms with Gasteiger partial charge in [0.15, 0.2) is 0 Å². The zero-order valence-electron chi connectivity index (χ0n) is 6.09. The maximum Gasteiger partial charge on any atom is 0.0722 e. The van der Waals surface area contributed by atoms with Gasteiger partial charge in [0.05, 0.1) is 6.10 Å². The molecule has 0 bridgehead atoms. The first kappa shape index (κ1) is 6.81. The summed E-state index contributed by atoms with van der Waals surface area (Å²) in [7, 11) is 0. The van der Waals surface area contributed by atoms with E-state index in [1.165, 1.54) is 5.57 Å².